The fourth-order valence-corrected chi connectivity index (χ4v) is 5.23. The van der Waals surface area contributed by atoms with E-state index in [1.807, 2.05) is 11.0 Å². The minimum Gasteiger partial charge on any atom is -0.454 e. The predicted octanol–water partition coefficient (Wildman–Crippen LogP) is 3.02. The highest BCUT2D eigenvalue weighted by Crippen LogP contribution is 2.36. The Morgan fingerprint density at radius 3 is 2.65 bits per heavy atom. The molecule has 2 amide bonds. The zero-order valence-electron chi connectivity index (χ0n) is 20.2. The molecule has 3 aliphatic heterocycles. The first kappa shape index (κ1) is 23.1. The van der Waals surface area contributed by atoms with Gasteiger partial charge in [-0.3, -0.25) is 19.4 Å². The number of piperidine rings is 1. The van der Waals surface area contributed by atoms with Crippen LogP contribution in [-0.2, 0) is 16.0 Å². The van der Waals surface area contributed by atoms with Gasteiger partial charge in [-0.25, -0.2) is 0 Å². The average Bonchev–Trinajstić information content (AvgIpc) is 3.37. The number of anilines is 3. The zero-order chi connectivity index (χ0) is 25.4. The van der Waals surface area contributed by atoms with Crippen LogP contribution in [0.3, 0.4) is 0 Å². The van der Waals surface area contributed by atoms with Gasteiger partial charge >= 0.3 is 0 Å². The Bertz CT molecular complexity index is 1400. The molecule has 0 saturated carbocycles. The van der Waals surface area contributed by atoms with Crippen molar-refractivity contribution in [2.24, 2.45) is 5.92 Å². The summed E-state index contributed by atoms with van der Waals surface area (Å²) in [4.78, 5) is 48.2. The van der Waals surface area contributed by atoms with Crippen LogP contribution in [0.1, 0.15) is 36.3 Å². The van der Waals surface area contributed by atoms with Crippen molar-refractivity contribution in [1.82, 2.24) is 9.97 Å². The van der Waals surface area contributed by atoms with Crippen LogP contribution >= 0.6 is 0 Å². The second kappa shape index (κ2) is 9.61. The molecule has 3 aliphatic rings. The van der Waals surface area contributed by atoms with Crippen molar-refractivity contribution in [3.05, 3.63) is 70.0 Å². The van der Waals surface area contributed by atoms with Crippen molar-refractivity contribution in [3.8, 4) is 11.5 Å². The highest BCUT2D eigenvalue weighted by molar-refractivity contribution is 6.04. The SMILES string of the molecule is O=C1CC(C(=O)Nc2ccc3c(c2)OCO3)c2c(nc(N3CCC(Cc4ccccc4)CC3)[nH]c2=O)N1. The molecule has 1 fully saturated rings. The number of aromatic amines is 1. The summed E-state index contributed by atoms with van der Waals surface area (Å²) in [5.41, 5.74) is 1.56. The molecule has 190 valence electrons. The number of fused-ring (bicyclic) bond motifs is 2. The second-order valence-corrected chi connectivity index (χ2v) is 9.63. The van der Waals surface area contributed by atoms with Gasteiger partial charge in [0.1, 0.15) is 5.82 Å². The second-order valence-electron chi connectivity index (χ2n) is 9.63. The van der Waals surface area contributed by atoms with Crippen LogP contribution < -0.4 is 30.6 Å². The number of hydrogen-bond acceptors (Lipinski definition) is 7. The molecule has 37 heavy (non-hydrogen) atoms. The molecule has 0 spiro atoms. The van der Waals surface area contributed by atoms with Crippen molar-refractivity contribution in [2.45, 2.75) is 31.6 Å². The standard InChI is InChI=1S/C27H27N5O5/c33-22-14-19(25(34)28-18-6-7-20-21(13-18)37-15-36-20)23-24(29-22)30-27(31-26(23)35)32-10-8-17(9-11-32)12-16-4-2-1-3-5-16/h1-7,13,17,19H,8-12,14-15H2,(H,28,34)(H2,29,30,31,33,35). The summed E-state index contributed by atoms with van der Waals surface area (Å²) >= 11 is 0. The molecular weight excluding hydrogens is 474 g/mol. The molecule has 0 bridgehead atoms. The third kappa shape index (κ3) is 4.74. The molecule has 10 nitrogen and oxygen atoms in total. The quantitative estimate of drug-likeness (QED) is 0.491. The van der Waals surface area contributed by atoms with E-state index in [2.05, 4.69) is 44.9 Å². The summed E-state index contributed by atoms with van der Waals surface area (Å²) in [5, 5.41) is 5.48. The van der Waals surface area contributed by atoms with Gasteiger partial charge in [0.05, 0.1) is 11.5 Å². The van der Waals surface area contributed by atoms with E-state index in [0.29, 0.717) is 29.1 Å². The maximum Gasteiger partial charge on any atom is 0.258 e. The van der Waals surface area contributed by atoms with E-state index in [0.717, 1.165) is 32.4 Å². The molecule has 3 N–H and O–H groups in total. The topological polar surface area (TPSA) is 126 Å². The van der Waals surface area contributed by atoms with Gasteiger partial charge in [-0.05, 0) is 42.9 Å². The smallest absolute Gasteiger partial charge is 0.258 e. The first-order valence-electron chi connectivity index (χ1n) is 12.5. The molecule has 1 aromatic heterocycles. The van der Waals surface area contributed by atoms with Crippen molar-refractivity contribution in [1.29, 1.82) is 0 Å². The summed E-state index contributed by atoms with van der Waals surface area (Å²) in [6.45, 7) is 1.62. The minimum absolute atomic E-state index is 0.122. The molecule has 0 aliphatic carbocycles. The first-order valence-corrected chi connectivity index (χ1v) is 12.5. The Morgan fingerprint density at radius 1 is 1.05 bits per heavy atom. The van der Waals surface area contributed by atoms with E-state index >= 15 is 0 Å². The Morgan fingerprint density at radius 2 is 1.84 bits per heavy atom. The minimum atomic E-state index is -0.962. The Balaban J connectivity index is 1.17. The average molecular weight is 502 g/mol. The van der Waals surface area contributed by atoms with Gasteiger partial charge in [0, 0.05) is 31.3 Å². The Hall–Kier alpha value is -4.34. The van der Waals surface area contributed by atoms with Gasteiger partial charge in [-0.1, -0.05) is 30.3 Å². The molecule has 1 atom stereocenters. The molecule has 3 aromatic rings. The van der Waals surface area contributed by atoms with Crippen LogP contribution in [0, 0.1) is 5.92 Å². The van der Waals surface area contributed by atoms with Crippen LogP contribution in [0.15, 0.2) is 53.3 Å². The van der Waals surface area contributed by atoms with Gasteiger partial charge < -0.3 is 25.0 Å². The van der Waals surface area contributed by atoms with Crippen LogP contribution in [0.5, 0.6) is 11.5 Å². The number of carbonyl (C=O) groups excluding carboxylic acids is 2. The van der Waals surface area contributed by atoms with E-state index in [1.165, 1.54) is 5.56 Å². The number of nitrogens with one attached hydrogen (secondary N) is 3. The molecule has 10 heteroatoms. The number of carbonyl (C=O) groups is 2. The monoisotopic (exact) mass is 501 g/mol. The number of aromatic nitrogens is 2. The lowest BCUT2D eigenvalue weighted by Gasteiger charge is -2.33. The number of rotatable bonds is 5. The fourth-order valence-electron chi connectivity index (χ4n) is 5.23. The normalized spacial score (nSPS) is 18.8. The number of benzene rings is 2. The fraction of sp³-hybridized carbons (Fsp3) is 0.333. The van der Waals surface area contributed by atoms with E-state index in [4.69, 9.17) is 9.47 Å². The summed E-state index contributed by atoms with van der Waals surface area (Å²) in [5.74, 6) is 0.462. The summed E-state index contributed by atoms with van der Waals surface area (Å²) < 4.78 is 10.7. The van der Waals surface area contributed by atoms with Crippen LogP contribution in [0.4, 0.5) is 17.5 Å². The highest BCUT2D eigenvalue weighted by Gasteiger charge is 2.35. The molecular formula is C27H27N5O5. The van der Waals surface area contributed by atoms with E-state index in [1.54, 1.807) is 18.2 Å². The number of nitrogens with zero attached hydrogens (tertiary/aromatic N) is 2. The Kier molecular flexibility index (Phi) is 5.99. The van der Waals surface area contributed by atoms with Crippen molar-refractivity contribution < 1.29 is 19.1 Å². The van der Waals surface area contributed by atoms with Gasteiger partial charge in [-0.2, -0.15) is 4.98 Å². The summed E-state index contributed by atoms with van der Waals surface area (Å²) in [7, 11) is 0. The third-order valence-electron chi connectivity index (χ3n) is 7.18. The van der Waals surface area contributed by atoms with E-state index < -0.39 is 17.4 Å². The lowest BCUT2D eigenvalue weighted by atomic mass is 9.90. The first-order chi connectivity index (χ1) is 18.0. The maximum atomic E-state index is 13.2. The van der Waals surface area contributed by atoms with Gasteiger partial charge in [0.15, 0.2) is 11.5 Å². The van der Waals surface area contributed by atoms with Gasteiger partial charge in [0.25, 0.3) is 5.56 Å². The molecule has 4 heterocycles. The van der Waals surface area contributed by atoms with E-state index in [-0.39, 0.29) is 30.5 Å². The summed E-state index contributed by atoms with van der Waals surface area (Å²) in [6, 6.07) is 15.5. The number of hydrogen-bond donors (Lipinski definition) is 3. The van der Waals surface area contributed by atoms with Crippen LogP contribution in [0.25, 0.3) is 0 Å². The predicted molar refractivity (Wildman–Crippen MR) is 137 cm³/mol. The highest BCUT2D eigenvalue weighted by atomic mass is 16.7. The Labute approximate surface area is 213 Å². The van der Waals surface area contributed by atoms with Crippen molar-refractivity contribution in [2.75, 3.05) is 35.4 Å². The molecule has 6 rings (SSSR count). The van der Waals surface area contributed by atoms with Gasteiger partial charge in [0.2, 0.25) is 24.6 Å². The lowest BCUT2D eigenvalue weighted by molar-refractivity contribution is -0.123. The van der Waals surface area contributed by atoms with E-state index in [9.17, 15) is 14.4 Å². The number of H-pyrrole nitrogens is 1. The van der Waals surface area contributed by atoms with Crippen molar-refractivity contribution >= 4 is 29.3 Å². The zero-order valence-corrected chi connectivity index (χ0v) is 20.2. The lowest BCUT2D eigenvalue weighted by Crippen LogP contribution is -2.40. The van der Waals surface area contributed by atoms with Gasteiger partial charge in [-0.15, -0.1) is 0 Å². The van der Waals surface area contributed by atoms with Crippen LogP contribution in [-0.4, -0.2) is 41.7 Å². The maximum absolute atomic E-state index is 13.2. The van der Waals surface area contributed by atoms with Crippen molar-refractivity contribution in [3.63, 3.8) is 0 Å². The molecule has 1 unspecified atom stereocenters. The summed E-state index contributed by atoms with van der Waals surface area (Å²) in [6.07, 6.45) is 2.84. The molecule has 1 saturated heterocycles. The number of amides is 2. The molecule has 2 aromatic carbocycles. The largest absolute Gasteiger partial charge is 0.454 e. The third-order valence-corrected chi connectivity index (χ3v) is 7.18. The van der Waals surface area contributed by atoms with Crippen LogP contribution in [0.2, 0.25) is 0 Å². The number of ether oxygens (including phenoxy) is 2. The molecule has 0 radical (unpaired) electrons.